The molecule has 0 bridgehead atoms. The van der Waals surface area contributed by atoms with Gasteiger partial charge in [0, 0.05) is 11.4 Å². The van der Waals surface area contributed by atoms with Crippen LogP contribution in [0.4, 0.5) is 0 Å². The predicted molar refractivity (Wildman–Crippen MR) is 71.4 cm³/mol. The number of rotatable bonds is 7. The number of hydrogen-bond donors (Lipinski definition) is 2. The van der Waals surface area contributed by atoms with Crippen LogP contribution in [0.25, 0.3) is 0 Å². The second-order valence-corrected chi connectivity index (χ2v) is 5.11. The van der Waals surface area contributed by atoms with E-state index in [-0.39, 0.29) is 0 Å². The maximum Gasteiger partial charge on any atom is 0.0610 e. The summed E-state index contributed by atoms with van der Waals surface area (Å²) < 4.78 is 0. The number of benzene rings is 1. The van der Waals surface area contributed by atoms with Gasteiger partial charge in [0.1, 0.15) is 0 Å². The number of nitrogens with one attached hydrogen (secondary N) is 1. The summed E-state index contributed by atoms with van der Waals surface area (Å²) in [6, 6.07) is 8.82. The van der Waals surface area contributed by atoms with Crippen LogP contribution in [0.1, 0.15) is 12.5 Å². The Bertz CT molecular complexity index is 287. The van der Waals surface area contributed by atoms with E-state index in [9.17, 15) is 0 Å². The first kappa shape index (κ1) is 13.5. The number of likely N-dealkylation sites (N-methyl/N-ethyl adjacent to an activating group) is 1. The van der Waals surface area contributed by atoms with Gasteiger partial charge in [0.05, 0.1) is 6.67 Å². The van der Waals surface area contributed by atoms with Gasteiger partial charge in [0.15, 0.2) is 0 Å². The monoisotopic (exact) mass is 239 g/mol. The highest BCUT2D eigenvalue weighted by atomic mass is 32.2. The molecule has 0 atom stereocenters. The Labute approximate surface area is 102 Å². The van der Waals surface area contributed by atoms with Gasteiger partial charge in [0.2, 0.25) is 0 Å². The fourth-order valence-electron chi connectivity index (χ4n) is 1.47. The summed E-state index contributed by atoms with van der Waals surface area (Å²) in [6.07, 6.45) is 1.06. The van der Waals surface area contributed by atoms with Crippen molar-refractivity contribution < 1.29 is 0 Å². The zero-order valence-corrected chi connectivity index (χ0v) is 10.9. The summed E-state index contributed by atoms with van der Waals surface area (Å²) in [5.41, 5.74) is 4.03. The fourth-order valence-corrected chi connectivity index (χ4v) is 2.14. The van der Waals surface area contributed by atoms with E-state index in [1.165, 1.54) is 10.5 Å². The second kappa shape index (κ2) is 7.68. The van der Waals surface area contributed by atoms with Gasteiger partial charge in [-0.3, -0.25) is 10.7 Å². The molecule has 4 heteroatoms. The van der Waals surface area contributed by atoms with Crippen LogP contribution in [0, 0.1) is 0 Å². The van der Waals surface area contributed by atoms with Gasteiger partial charge < -0.3 is 0 Å². The molecule has 0 spiro atoms. The summed E-state index contributed by atoms with van der Waals surface area (Å²) in [5, 5.41) is 0. The Hall–Kier alpha value is -0.550. The highest BCUT2D eigenvalue weighted by molar-refractivity contribution is 7.99. The molecule has 0 aliphatic heterocycles. The molecule has 3 nitrogen and oxygen atoms in total. The molecule has 0 fully saturated rings. The van der Waals surface area contributed by atoms with Crippen molar-refractivity contribution in [3.05, 3.63) is 29.8 Å². The van der Waals surface area contributed by atoms with Gasteiger partial charge in [-0.05, 0) is 36.9 Å². The van der Waals surface area contributed by atoms with Crippen molar-refractivity contribution in [1.29, 1.82) is 0 Å². The largest absolute Gasteiger partial charge is 0.292 e. The molecule has 1 aromatic carbocycles. The Morgan fingerprint density at radius 3 is 2.56 bits per heavy atom. The third kappa shape index (κ3) is 4.99. The van der Waals surface area contributed by atoms with Crippen molar-refractivity contribution in [2.24, 2.45) is 5.84 Å². The third-order valence-corrected chi connectivity index (χ3v) is 3.27. The Morgan fingerprint density at radius 1 is 1.31 bits per heavy atom. The smallest absolute Gasteiger partial charge is 0.0610 e. The van der Waals surface area contributed by atoms with E-state index in [0.29, 0.717) is 0 Å². The van der Waals surface area contributed by atoms with Crippen LogP contribution >= 0.6 is 11.8 Å². The molecule has 90 valence electrons. The number of hydrogen-bond acceptors (Lipinski definition) is 4. The first-order chi connectivity index (χ1) is 7.76. The topological polar surface area (TPSA) is 41.3 Å². The summed E-state index contributed by atoms with van der Waals surface area (Å²) in [5.74, 6) is 6.39. The molecule has 0 aliphatic rings. The summed E-state index contributed by atoms with van der Waals surface area (Å²) >= 11 is 1.88. The quantitative estimate of drug-likeness (QED) is 0.329. The number of nitrogens with two attached hydrogens (primary N) is 1. The first-order valence-electron chi connectivity index (χ1n) is 5.60. The maximum atomic E-state index is 5.26. The van der Waals surface area contributed by atoms with Crippen LogP contribution in [-0.2, 0) is 6.42 Å². The normalized spacial score (nSPS) is 11.0. The number of nitrogens with zero attached hydrogens (tertiary/aromatic N) is 1. The Balaban J connectivity index is 2.37. The minimum absolute atomic E-state index is 0.726. The molecular weight excluding hydrogens is 218 g/mol. The number of thioether (sulfide) groups is 1. The van der Waals surface area contributed by atoms with E-state index in [2.05, 4.69) is 48.6 Å². The van der Waals surface area contributed by atoms with Crippen molar-refractivity contribution in [1.82, 2.24) is 10.3 Å². The standard InChI is InChI=1S/C12H21N3S/c1-3-16-12-6-4-11(5-7-12)8-9-15(2)10-14-13/h4-7,14H,3,8-10,13H2,1-2H3. The van der Waals surface area contributed by atoms with Crippen LogP contribution in [0.5, 0.6) is 0 Å². The molecule has 0 heterocycles. The molecule has 1 rings (SSSR count). The lowest BCUT2D eigenvalue weighted by Crippen LogP contribution is -2.36. The lowest BCUT2D eigenvalue weighted by Gasteiger charge is -2.15. The van der Waals surface area contributed by atoms with Gasteiger partial charge in [0.25, 0.3) is 0 Å². The third-order valence-electron chi connectivity index (χ3n) is 2.38. The van der Waals surface area contributed by atoms with E-state index >= 15 is 0 Å². The van der Waals surface area contributed by atoms with Gasteiger partial charge >= 0.3 is 0 Å². The van der Waals surface area contributed by atoms with Crippen molar-refractivity contribution in [2.45, 2.75) is 18.2 Å². The minimum atomic E-state index is 0.726. The van der Waals surface area contributed by atoms with E-state index in [0.717, 1.165) is 25.4 Å². The number of hydrazine groups is 1. The minimum Gasteiger partial charge on any atom is -0.292 e. The molecule has 0 saturated heterocycles. The van der Waals surface area contributed by atoms with Gasteiger partial charge in [-0.15, -0.1) is 11.8 Å². The SMILES string of the molecule is CCSc1ccc(CCN(C)CNN)cc1. The zero-order chi connectivity index (χ0) is 11.8. The van der Waals surface area contributed by atoms with Gasteiger partial charge in [-0.1, -0.05) is 19.1 Å². The van der Waals surface area contributed by atoms with E-state index in [4.69, 9.17) is 5.84 Å². The second-order valence-electron chi connectivity index (χ2n) is 3.77. The molecule has 0 amide bonds. The first-order valence-corrected chi connectivity index (χ1v) is 6.58. The molecular formula is C12H21N3S. The van der Waals surface area contributed by atoms with Crippen LogP contribution in [0.2, 0.25) is 0 Å². The zero-order valence-electron chi connectivity index (χ0n) is 10.1. The highest BCUT2D eigenvalue weighted by Crippen LogP contribution is 2.17. The van der Waals surface area contributed by atoms with Crippen molar-refractivity contribution in [3.63, 3.8) is 0 Å². The summed E-state index contributed by atoms with van der Waals surface area (Å²) in [6.45, 7) is 3.92. The molecule has 0 unspecified atom stereocenters. The summed E-state index contributed by atoms with van der Waals surface area (Å²) in [7, 11) is 2.06. The van der Waals surface area contributed by atoms with Crippen molar-refractivity contribution in [2.75, 3.05) is 26.0 Å². The van der Waals surface area contributed by atoms with Crippen LogP contribution in [-0.4, -0.2) is 30.9 Å². The summed E-state index contributed by atoms with van der Waals surface area (Å²) in [4.78, 5) is 3.51. The molecule has 16 heavy (non-hydrogen) atoms. The average Bonchev–Trinajstić information content (AvgIpc) is 2.29. The van der Waals surface area contributed by atoms with Crippen LogP contribution in [0.3, 0.4) is 0 Å². The maximum absolute atomic E-state index is 5.26. The van der Waals surface area contributed by atoms with E-state index in [1.807, 2.05) is 11.8 Å². The van der Waals surface area contributed by atoms with Gasteiger partial charge in [-0.2, -0.15) is 0 Å². The van der Waals surface area contributed by atoms with Crippen LogP contribution < -0.4 is 11.3 Å². The molecule has 0 aromatic heterocycles. The Morgan fingerprint density at radius 2 is 2.00 bits per heavy atom. The van der Waals surface area contributed by atoms with Crippen molar-refractivity contribution in [3.8, 4) is 0 Å². The molecule has 0 saturated carbocycles. The van der Waals surface area contributed by atoms with Crippen molar-refractivity contribution >= 4 is 11.8 Å². The lowest BCUT2D eigenvalue weighted by atomic mass is 10.1. The highest BCUT2D eigenvalue weighted by Gasteiger charge is 1.98. The van der Waals surface area contributed by atoms with E-state index in [1.54, 1.807) is 0 Å². The van der Waals surface area contributed by atoms with Crippen LogP contribution in [0.15, 0.2) is 29.2 Å². The predicted octanol–water partition coefficient (Wildman–Crippen LogP) is 1.69. The molecule has 3 N–H and O–H groups in total. The lowest BCUT2D eigenvalue weighted by molar-refractivity contribution is 0.313. The van der Waals surface area contributed by atoms with E-state index < -0.39 is 0 Å². The Kier molecular flexibility index (Phi) is 6.49. The van der Waals surface area contributed by atoms with Gasteiger partial charge in [-0.25, -0.2) is 5.43 Å². The molecule has 0 radical (unpaired) electrons. The molecule has 1 aromatic rings. The average molecular weight is 239 g/mol. The fraction of sp³-hybridized carbons (Fsp3) is 0.500. The molecule has 0 aliphatic carbocycles.